The molecule has 21 heavy (non-hydrogen) atoms. The summed E-state index contributed by atoms with van der Waals surface area (Å²) in [6.07, 6.45) is 2.03. The number of rotatable bonds is 2. The van der Waals surface area contributed by atoms with Gasteiger partial charge in [-0.1, -0.05) is 0 Å². The van der Waals surface area contributed by atoms with Gasteiger partial charge in [0, 0.05) is 25.5 Å². The third-order valence-corrected chi connectivity index (χ3v) is 3.99. The van der Waals surface area contributed by atoms with E-state index in [0.29, 0.717) is 24.4 Å². The maximum atomic E-state index is 12.8. The average Bonchev–Trinajstić information content (AvgIpc) is 2.98. The Morgan fingerprint density at radius 3 is 2.86 bits per heavy atom. The lowest BCUT2D eigenvalue weighted by Crippen LogP contribution is -2.37. The molecule has 1 aliphatic rings. The molecule has 1 amide bonds. The van der Waals surface area contributed by atoms with E-state index in [-0.39, 0.29) is 12.0 Å². The van der Waals surface area contributed by atoms with Crippen molar-refractivity contribution in [3.63, 3.8) is 0 Å². The Morgan fingerprint density at radius 1 is 1.38 bits per heavy atom. The number of furan rings is 1. The van der Waals surface area contributed by atoms with Crippen molar-refractivity contribution in [3.8, 4) is 0 Å². The van der Waals surface area contributed by atoms with Crippen LogP contribution in [0.3, 0.4) is 0 Å². The molecule has 1 atom stereocenters. The van der Waals surface area contributed by atoms with Crippen LogP contribution in [0.15, 0.2) is 28.8 Å². The minimum atomic E-state index is -0.00379. The van der Waals surface area contributed by atoms with Crippen molar-refractivity contribution in [1.29, 1.82) is 0 Å². The Labute approximate surface area is 124 Å². The normalized spacial score (nSPS) is 18.4. The van der Waals surface area contributed by atoms with Crippen molar-refractivity contribution >= 4 is 5.91 Å². The molecule has 3 heterocycles. The van der Waals surface area contributed by atoms with Crippen molar-refractivity contribution in [2.24, 2.45) is 0 Å². The predicted octanol–water partition coefficient (Wildman–Crippen LogP) is 2.37. The summed E-state index contributed by atoms with van der Waals surface area (Å²) >= 11 is 0. The number of methoxy groups -OCH3 is 1. The molecule has 0 radical (unpaired) electrons. The van der Waals surface area contributed by atoms with E-state index in [1.54, 1.807) is 7.11 Å². The number of amides is 1. The fourth-order valence-electron chi connectivity index (χ4n) is 2.87. The lowest BCUT2D eigenvalue weighted by atomic mass is 10.2. The lowest BCUT2D eigenvalue weighted by molar-refractivity contribution is 0.0458. The first-order valence-electron chi connectivity index (χ1n) is 7.11. The predicted molar refractivity (Wildman–Crippen MR) is 78.2 cm³/mol. The van der Waals surface area contributed by atoms with Gasteiger partial charge in [0.05, 0.1) is 24.8 Å². The topological polar surface area (TPSA) is 47.6 Å². The zero-order valence-corrected chi connectivity index (χ0v) is 12.6. The van der Waals surface area contributed by atoms with E-state index in [1.165, 1.54) is 0 Å². The molecule has 5 nitrogen and oxygen atoms in total. The molecule has 0 saturated heterocycles. The van der Waals surface area contributed by atoms with Crippen molar-refractivity contribution in [1.82, 2.24) is 9.47 Å². The van der Waals surface area contributed by atoms with E-state index in [0.717, 1.165) is 18.0 Å². The van der Waals surface area contributed by atoms with Gasteiger partial charge < -0.3 is 18.6 Å². The Hall–Kier alpha value is -2.01. The standard InChI is InChI=1S/C16H20N2O3/c1-11-7-15(12(2)21-11)16(19)18-8-13-5-4-6-17(13)9-14(10-18)20-3/h4-7,14H,8-10H2,1-3H3. The summed E-state index contributed by atoms with van der Waals surface area (Å²) < 4.78 is 13.1. The molecule has 1 unspecified atom stereocenters. The highest BCUT2D eigenvalue weighted by molar-refractivity contribution is 5.95. The minimum absolute atomic E-state index is 0.000972. The maximum Gasteiger partial charge on any atom is 0.257 e. The number of hydrogen-bond acceptors (Lipinski definition) is 3. The molecule has 112 valence electrons. The van der Waals surface area contributed by atoms with Crippen LogP contribution in [0, 0.1) is 13.8 Å². The zero-order valence-electron chi connectivity index (χ0n) is 12.6. The van der Waals surface area contributed by atoms with Crippen molar-refractivity contribution in [2.45, 2.75) is 33.0 Å². The minimum Gasteiger partial charge on any atom is -0.466 e. The van der Waals surface area contributed by atoms with E-state index in [2.05, 4.69) is 4.57 Å². The average molecular weight is 288 g/mol. The monoisotopic (exact) mass is 288 g/mol. The number of aromatic nitrogens is 1. The summed E-state index contributed by atoms with van der Waals surface area (Å²) in [5, 5.41) is 0. The summed E-state index contributed by atoms with van der Waals surface area (Å²) in [7, 11) is 1.69. The number of carbonyl (C=O) groups is 1. The Bertz CT molecular complexity index is 656. The molecular formula is C16H20N2O3. The highest BCUT2D eigenvalue weighted by Crippen LogP contribution is 2.20. The number of fused-ring (bicyclic) bond motifs is 1. The molecule has 0 aliphatic carbocycles. The van der Waals surface area contributed by atoms with Crippen LogP contribution in [-0.2, 0) is 17.8 Å². The maximum absolute atomic E-state index is 12.8. The second kappa shape index (κ2) is 5.41. The zero-order chi connectivity index (χ0) is 15.0. The molecular weight excluding hydrogens is 268 g/mol. The number of nitrogens with zero attached hydrogens (tertiary/aromatic N) is 2. The number of aryl methyl sites for hydroxylation is 2. The van der Waals surface area contributed by atoms with Gasteiger partial charge in [-0.15, -0.1) is 0 Å². The van der Waals surface area contributed by atoms with Crippen LogP contribution in [-0.4, -0.2) is 35.1 Å². The highest BCUT2D eigenvalue weighted by atomic mass is 16.5. The number of hydrogen-bond donors (Lipinski definition) is 0. The van der Waals surface area contributed by atoms with E-state index in [1.807, 2.05) is 43.1 Å². The molecule has 0 N–H and O–H groups in total. The van der Waals surface area contributed by atoms with Gasteiger partial charge in [0.1, 0.15) is 11.5 Å². The molecule has 2 aromatic heterocycles. The van der Waals surface area contributed by atoms with Crippen LogP contribution < -0.4 is 0 Å². The molecule has 0 aromatic carbocycles. The van der Waals surface area contributed by atoms with Gasteiger partial charge in [-0.2, -0.15) is 0 Å². The van der Waals surface area contributed by atoms with Crippen molar-refractivity contribution < 1.29 is 13.9 Å². The third-order valence-electron chi connectivity index (χ3n) is 3.99. The van der Waals surface area contributed by atoms with Gasteiger partial charge in [-0.25, -0.2) is 0 Å². The number of ether oxygens (including phenoxy) is 1. The smallest absolute Gasteiger partial charge is 0.257 e. The summed E-state index contributed by atoms with van der Waals surface area (Å²) in [5.41, 5.74) is 1.77. The first-order valence-corrected chi connectivity index (χ1v) is 7.11. The van der Waals surface area contributed by atoms with Crippen LogP contribution in [0.4, 0.5) is 0 Å². The Balaban J connectivity index is 1.90. The fraction of sp³-hybridized carbons (Fsp3) is 0.438. The quantitative estimate of drug-likeness (QED) is 0.852. The molecule has 3 rings (SSSR count). The van der Waals surface area contributed by atoms with Crippen LogP contribution in [0.2, 0.25) is 0 Å². The summed E-state index contributed by atoms with van der Waals surface area (Å²) in [6.45, 7) is 5.63. The lowest BCUT2D eigenvalue weighted by Gasteiger charge is -2.23. The Kier molecular flexibility index (Phi) is 3.59. The van der Waals surface area contributed by atoms with Gasteiger partial charge >= 0.3 is 0 Å². The van der Waals surface area contributed by atoms with Crippen molar-refractivity contribution in [2.75, 3.05) is 13.7 Å². The van der Waals surface area contributed by atoms with E-state index in [9.17, 15) is 4.79 Å². The molecule has 0 spiro atoms. The van der Waals surface area contributed by atoms with Gasteiger partial charge in [-0.05, 0) is 32.0 Å². The second-order valence-electron chi connectivity index (χ2n) is 5.52. The Morgan fingerprint density at radius 2 is 2.19 bits per heavy atom. The summed E-state index contributed by atoms with van der Waals surface area (Å²) in [5.74, 6) is 1.43. The van der Waals surface area contributed by atoms with Crippen molar-refractivity contribution in [3.05, 3.63) is 47.2 Å². The van der Waals surface area contributed by atoms with Crippen LogP contribution in [0.1, 0.15) is 27.6 Å². The highest BCUT2D eigenvalue weighted by Gasteiger charge is 2.27. The molecule has 1 aliphatic heterocycles. The molecule has 5 heteroatoms. The van der Waals surface area contributed by atoms with E-state index >= 15 is 0 Å². The van der Waals surface area contributed by atoms with Crippen LogP contribution in [0.25, 0.3) is 0 Å². The van der Waals surface area contributed by atoms with Crippen LogP contribution >= 0.6 is 0 Å². The van der Waals surface area contributed by atoms with Gasteiger partial charge in [0.2, 0.25) is 0 Å². The molecule has 0 fully saturated rings. The molecule has 2 aromatic rings. The third kappa shape index (κ3) is 2.61. The molecule has 0 saturated carbocycles. The van der Waals surface area contributed by atoms with Gasteiger partial charge in [0.25, 0.3) is 5.91 Å². The molecule has 0 bridgehead atoms. The van der Waals surface area contributed by atoms with Crippen LogP contribution in [0.5, 0.6) is 0 Å². The SMILES string of the molecule is COC1CN(C(=O)c2cc(C)oc2C)Cc2cccn2C1. The van der Waals surface area contributed by atoms with E-state index < -0.39 is 0 Å². The second-order valence-corrected chi connectivity index (χ2v) is 5.52. The largest absolute Gasteiger partial charge is 0.466 e. The number of carbonyl (C=O) groups excluding carboxylic acids is 1. The fourth-order valence-corrected chi connectivity index (χ4v) is 2.87. The summed E-state index contributed by atoms with van der Waals surface area (Å²) in [4.78, 5) is 14.6. The first kappa shape index (κ1) is 13.9. The summed E-state index contributed by atoms with van der Waals surface area (Å²) in [6, 6.07) is 5.86. The van der Waals surface area contributed by atoms with E-state index in [4.69, 9.17) is 9.15 Å². The van der Waals surface area contributed by atoms with Gasteiger partial charge in [0.15, 0.2) is 0 Å². The van der Waals surface area contributed by atoms with Gasteiger partial charge in [-0.3, -0.25) is 4.79 Å². The first-order chi connectivity index (χ1) is 10.1.